The highest BCUT2D eigenvalue weighted by atomic mass is 14.9. The fraction of sp³-hybridized carbons (Fsp3) is 0.857. The Kier molecular flexibility index (Phi) is 6.52. The molecule has 1 saturated carbocycles. The lowest BCUT2D eigenvalue weighted by Crippen LogP contribution is -2.37. The molecular weight excluding hydrogens is 182 g/mol. The number of rotatable bonds is 6. The van der Waals surface area contributed by atoms with Gasteiger partial charge in [0.15, 0.2) is 0 Å². The van der Waals surface area contributed by atoms with Crippen molar-refractivity contribution in [2.75, 3.05) is 6.54 Å². The van der Waals surface area contributed by atoms with Crippen molar-refractivity contribution in [3.05, 3.63) is 0 Å². The summed E-state index contributed by atoms with van der Waals surface area (Å²) in [5.41, 5.74) is 0. The smallest absolute Gasteiger partial charge is 0.00981 e. The summed E-state index contributed by atoms with van der Waals surface area (Å²) in [5.74, 6) is 3.62. The van der Waals surface area contributed by atoms with Gasteiger partial charge in [-0.2, -0.15) is 0 Å². The lowest BCUT2D eigenvalue weighted by molar-refractivity contribution is 0.263. The van der Waals surface area contributed by atoms with E-state index in [9.17, 15) is 0 Å². The average Bonchev–Trinajstić information content (AvgIpc) is 2.30. The van der Waals surface area contributed by atoms with Crippen LogP contribution in [0.1, 0.15) is 58.3 Å². The molecule has 0 aliphatic heterocycles. The van der Waals surface area contributed by atoms with Crippen molar-refractivity contribution in [1.82, 2.24) is 5.32 Å². The molecule has 1 heteroatoms. The number of nitrogens with one attached hydrogen (secondary N) is 1. The lowest BCUT2D eigenvalue weighted by atomic mass is 9.83. The summed E-state index contributed by atoms with van der Waals surface area (Å²) in [7, 11) is 0. The summed E-state index contributed by atoms with van der Waals surface area (Å²) in [6, 6.07) is 0.739. The minimum absolute atomic E-state index is 0.739. The van der Waals surface area contributed by atoms with Gasteiger partial charge in [0, 0.05) is 12.5 Å². The molecule has 0 bridgehead atoms. The molecule has 1 aliphatic rings. The van der Waals surface area contributed by atoms with Crippen LogP contribution in [0.15, 0.2) is 0 Å². The predicted molar refractivity (Wildman–Crippen MR) is 66.7 cm³/mol. The third kappa shape index (κ3) is 4.71. The van der Waals surface area contributed by atoms with Crippen LogP contribution < -0.4 is 5.32 Å². The van der Waals surface area contributed by atoms with Crippen LogP contribution in [0, 0.1) is 18.3 Å². The maximum Gasteiger partial charge on any atom is 0.00981 e. The van der Waals surface area contributed by atoms with Crippen LogP contribution in [0.3, 0.4) is 0 Å². The molecule has 0 aromatic rings. The van der Waals surface area contributed by atoms with Gasteiger partial charge in [-0.05, 0) is 38.1 Å². The van der Waals surface area contributed by atoms with Crippen molar-refractivity contribution in [2.45, 2.75) is 64.3 Å². The summed E-state index contributed by atoms with van der Waals surface area (Å²) in [6.45, 7) is 3.40. The zero-order valence-electron chi connectivity index (χ0n) is 10.1. The Hall–Kier alpha value is -0.480. The van der Waals surface area contributed by atoms with Crippen molar-refractivity contribution in [2.24, 2.45) is 5.92 Å². The Morgan fingerprint density at radius 3 is 2.67 bits per heavy atom. The minimum atomic E-state index is 0.739. The molecular formula is C14H25N. The third-order valence-electron chi connectivity index (χ3n) is 3.56. The van der Waals surface area contributed by atoms with Crippen molar-refractivity contribution in [1.29, 1.82) is 0 Å². The second-order valence-electron chi connectivity index (χ2n) is 4.67. The van der Waals surface area contributed by atoms with E-state index in [0.717, 1.165) is 31.3 Å². The van der Waals surface area contributed by atoms with E-state index < -0.39 is 0 Å². The van der Waals surface area contributed by atoms with E-state index in [2.05, 4.69) is 18.2 Å². The van der Waals surface area contributed by atoms with Gasteiger partial charge in [0.1, 0.15) is 0 Å². The van der Waals surface area contributed by atoms with Crippen LogP contribution >= 0.6 is 0 Å². The minimum Gasteiger partial charge on any atom is -0.314 e. The van der Waals surface area contributed by atoms with Gasteiger partial charge in [0.2, 0.25) is 0 Å². The summed E-state index contributed by atoms with van der Waals surface area (Å²) in [4.78, 5) is 0. The summed E-state index contributed by atoms with van der Waals surface area (Å²) < 4.78 is 0. The first-order chi connectivity index (χ1) is 7.38. The van der Waals surface area contributed by atoms with Crippen LogP contribution in [-0.4, -0.2) is 12.6 Å². The molecule has 1 atom stereocenters. The van der Waals surface area contributed by atoms with Gasteiger partial charge >= 0.3 is 0 Å². The molecule has 86 valence electrons. The van der Waals surface area contributed by atoms with Crippen LogP contribution in [0.2, 0.25) is 0 Å². The largest absolute Gasteiger partial charge is 0.314 e. The first-order valence-electron chi connectivity index (χ1n) is 6.55. The van der Waals surface area contributed by atoms with Crippen LogP contribution in [0.25, 0.3) is 0 Å². The van der Waals surface area contributed by atoms with E-state index in [1.165, 1.54) is 38.5 Å². The quantitative estimate of drug-likeness (QED) is 0.520. The van der Waals surface area contributed by atoms with E-state index in [-0.39, 0.29) is 0 Å². The number of hydrogen-bond acceptors (Lipinski definition) is 1. The first kappa shape index (κ1) is 12.6. The van der Waals surface area contributed by atoms with Crippen molar-refractivity contribution >= 4 is 0 Å². The predicted octanol–water partition coefficient (Wildman–Crippen LogP) is 3.35. The fourth-order valence-corrected chi connectivity index (χ4v) is 2.66. The zero-order valence-corrected chi connectivity index (χ0v) is 10.1. The lowest BCUT2D eigenvalue weighted by Gasteiger charge is -2.30. The van der Waals surface area contributed by atoms with E-state index in [1.807, 2.05) is 0 Å². The highest BCUT2D eigenvalue weighted by molar-refractivity contribution is 4.84. The third-order valence-corrected chi connectivity index (χ3v) is 3.56. The highest BCUT2D eigenvalue weighted by Crippen LogP contribution is 2.27. The Balaban J connectivity index is 2.19. The number of hydrogen-bond donors (Lipinski definition) is 1. The van der Waals surface area contributed by atoms with Gasteiger partial charge in [-0.3, -0.25) is 0 Å². The van der Waals surface area contributed by atoms with E-state index in [0.29, 0.717) is 0 Å². The van der Waals surface area contributed by atoms with E-state index in [4.69, 9.17) is 6.42 Å². The molecule has 15 heavy (non-hydrogen) atoms. The van der Waals surface area contributed by atoms with Gasteiger partial charge in [-0.1, -0.05) is 26.2 Å². The van der Waals surface area contributed by atoms with E-state index >= 15 is 0 Å². The maximum atomic E-state index is 5.24. The molecule has 1 unspecified atom stereocenters. The van der Waals surface area contributed by atoms with Gasteiger partial charge in [0.25, 0.3) is 0 Å². The first-order valence-corrected chi connectivity index (χ1v) is 6.55. The zero-order chi connectivity index (χ0) is 10.9. The second kappa shape index (κ2) is 7.77. The molecule has 0 aromatic heterocycles. The van der Waals surface area contributed by atoms with E-state index in [1.54, 1.807) is 0 Å². The standard InChI is InChI=1S/C14H25N/c1-3-5-9-12-15-14(4-2)13-10-7-6-8-11-13/h1,13-15H,4-12H2,2H3. The molecule has 0 spiro atoms. The molecule has 1 aliphatic carbocycles. The molecule has 0 amide bonds. The molecule has 0 radical (unpaired) electrons. The summed E-state index contributed by atoms with van der Waals surface area (Å²) in [6.07, 6.45) is 15.7. The molecule has 1 N–H and O–H groups in total. The normalized spacial score (nSPS) is 19.7. The molecule has 0 saturated heterocycles. The van der Waals surface area contributed by atoms with Crippen LogP contribution in [0.5, 0.6) is 0 Å². The Labute approximate surface area is 95.0 Å². The van der Waals surface area contributed by atoms with Crippen molar-refractivity contribution in [3.8, 4) is 12.3 Å². The van der Waals surface area contributed by atoms with Gasteiger partial charge in [-0.25, -0.2) is 0 Å². The Morgan fingerprint density at radius 1 is 1.33 bits per heavy atom. The average molecular weight is 207 g/mol. The topological polar surface area (TPSA) is 12.0 Å². The molecule has 1 fully saturated rings. The molecule has 1 nitrogen and oxygen atoms in total. The van der Waals surface area contributed by atoms with Crippen LogP contribution in [-0.2, 0) is 0 Å². The number of unbranched alkanes of at least 4 members (excludes halogenated alkanes) is 1. The molecule has 0 aromatic carbocycles. The van der Waals surface area contributed by atoms with Gasteiger partial charge in [-0.15, -0.1) is 12.3 Å². The highest BCUT2D eigenvalue weighted by Gasteiger charge is 2.21. The summed E-state index contributed by atoms with van der Waals surface area (Å²) in [5, 5.41) is 3.68. The van der Waals surface area contributed by atoms with Crippen molar-refractivity contribution in [3.63, 3.8) is 0 Å². The second-order valence-corrected chi connectivity index (χ2v) is 4.67. The van der Waals surface area contributed by atoms with Crippen molar-refractivity contribution < 1.29 is 0 Å². The SMILES string of the molecule is C#CCCCNC(CC)C1CCCCC1. The number of terminal acetylenes is 1. The van der Waals surface area contributed by atoms with Crippen LogP contribution in [0.4, 0.5) is 0 Å². The monoisotopic (exact) mass is 207 g/mol. The molecule has 1 rings (SSSR count). The Morgan fingerprint density at radius 2 is 2.07 bits per heavy atom. The molecule has 0 heterocycles. The Bertz CT molecular complexity index is 186. The maximum absolute atomic E-state index is 5.24. The van der Waals surface area contributed by atoms with Gasteiger partial charge < -0.3 is 5.32 Å². The van der Waals surface area contributed by atoms with Gasteiger partial charge in [0.05, 0.1) is 0 Å². The summed E-state index contributed by atoms with van der Waals surface area (Å²) >= 11 is 0. The fourth-order valence-electron chi connectivity index (χ4n) is 2.66.